The molecule has 6 nitrogen and oxygen atoms in total. The maximum atomic E-state index is 12.5. The Bertz CT molecular complexity index is 657. The summed E-state index contributed by atoms with van der Waals surface area (Å²) in [7, 11) is -2.02. The summed E-state index contributed by atoms with van der Waals surface area (Å²) in [6.45, 7) is 4.29. The number of rotatable bonds is 3. The van der Waals surface area contributed by atoms with Gasteiger partial charge in [-0.25, -0.2) is 13.6 Å². The van der Waals surface area contributed by atoms with Gasteiger partial charge in [-0.3, -0.25) is 4.79 Å². The zero-order valence-corrected chi connectivity index (χ0v) is 13.2. The van der Waals surface area contributed by atoms with Crippen LogP contribution in [0.15, 0.2) is 23.1 Å². The van der Waals surface area contributed by atoms with E-state index in [1.165, 1.54) is 18.2 Å². The first-order valence-electron chi connectivity index (χ1n) is 6.74. The van der Waals surface area contributed by atoms with Crippen LogP contribution in [-0.4, -0.2) is 45.0 Å². The van der Waals surface area contributed by atoms with Crippen LogP contribution in [0.25, 0.3) is 0 Å². The second-order valence-electron chi connectivity index (χ2n) is 5.37. The number of ether oxygens (including phenoxy) is 1. The van der Waals surface area contributed by atoms with Crippen LogP contribution in [-0.2, 0) is 14.8 Å². The van der Waals surface area contributed by atoms with E-state index in [-0.39, 0.29) is 22.9 Å². The summed E-state index contributed by atoms with van der Waals surface area (Å²) < 4.78 is 28.1. The molecule has 1 aromatic rings. The molecule has 1 heterocycles. The SMILES string of the molecule is Cc1cc(S(N)(=O)=O)ccc1C(=O)N(C)C1CCOC1C. The van der Waals surface area contributed by atoms with Crippen molar-refractivity contribution in [2.45, 2.75) is 37.3 Å². The van der Waals surface area contributed by atoms with E-state index in [1.807, 2.05) is 6.92 Å². The number of likely N-dealkylation sites (N-methyl/N-ethyl adjacent to an activating group) is 1. The fourth-order valence-corrected chi connectivity index (χ4v) is 3.22. The molecule has 1 aromatic carbocycles. The van der Waals surface area contributed by atoms with Crippen molar-refractivity contribution in [1.82, 2.24) is 4.90 Å². The lowest BCUT2D eigenvalue weighted by Crippen LogP contribution is -2.41. The van der Waals surface area contributed by atoms with Gasteiger partial charge in [0.15, 0.2) is 0 Å². The molecule has 21 heavy (non-hydrogen) atoms. The van der Waals surface area contributed by atoms with E-state index >= 15 is 0 Å². The van der Waals surface area contributed by atoms with Crippen molar-refractivity contribution in [2.24, 2.45) is 5.14 Å². The van der Waals surface area contributed by atoms with Crippen molar-refractivity contribution in [1.29, 1.82) is 0 Å². The van der Waals surface area contributed by atoms with Gasteiger partial charge in [0.05, 0.1) is 17.0 Å². The van der Waals surface area contributed by atoms with E-state index in [2.05, 4.69) is 0 Å². The van der Waals surface area contributed by atoms with Gasteiger partial charge >= 0.3 is 0 Å². The lowest BCUT2D eigenvalue weighted by atomic mass is 10.1. The predicted octanol–water partition coefficient (Wildman–Crippen LogP) is 0.892. The van der Waals surface area contributed by atoms with Gasteiger partial charge in [-0.05, 0) is 44.0 Å². The molecule has 0 bridgehead atoms. The summed E-state index contributed by atoms with van der Waals surface area (Å²) in [6.07, 6.45) is 0.806. The number of hydrogen-bond donors (Lipinski definition) is 1. The van der Waals surface area contributed by atoms with Gasteiger partial charge < -0.3 is 9.64 Å². The van der Waals surface area contributed by atoms with E-state index < -0.39 is 10.0 Å². The molecule has 1 amide bonds. The highest BCUT2D eigenvalue weighted by Crippen LogP contribution is 2.22. The number of nitrogens with two attached hydrogens (primary N) is 1. The third-order valence-electron chi connectivity index (χ3n) is 3.91. The molecule has 0 aromatic heterocycles. The van der Waals surface area contributed by atoms with E-state index in [4.69, 9.17) is 9.88 Å². The molecular formula is C14H20N2O4S. The number of hydrogen-bond acceptors (Lipinski definition) is 4. The van der Waals surface area contributed by atoms with Crippen LogP contribution in [0.1, 0.15) is 29.3 Å². The molecule has 2 atom stereocenters. The molecule has 116 valence electrons. The first-order chi connectivity index (χ1) is 9.71. The van der Waals surface area contributed by atoms with Crippen LogP contribution in [0.2, 0.25) is 0 Å². The number of carbonyl (C=O) groups excluding carboxylic acids is 1. The largest absolute Gasteiger partial charge is 0.376 e. The highest BCUT2D eigenvalue weighted by atomic mass is 32.2. The number of nitrogens with zero attached hydrogens (tertiary/aromatic N) is 1. The van der Waals surface area contributed by atoms with Crippen molar-refractivity contribution in [3.63, 3.8) is 0 Å². The Kier molecular flexibility index (Phi) is 4.36. The average molecular weight is 312 g/mol. The molecule has 0 aliphatic carbocycles. The summed E-state index contributed by atoms with van der Waals surface area (Å²) in [5.74, 6) is -0.143. The standard InChI is InChI=1S/C14H20N2O4S/c1-9-8-11(21(15,18)19)4-5-12(9)14(17)16(3)13-6-7-20-10(13)2/h4-5,8,10,13H,6-7H2,1-3H3,(H2,15,18,19). The highest BCUT2D eigenvalue weighted by Gasteiger charge is 2.31. The van der Waals surface area contributed by atoms with E-state index in [0.717, 1.165) is 6.42 Å². The fourth-order valence-electron chi connectivity index (χ4n) is 2.62. The fraction of sp³-hybridized carbons (Fsp3) is 0.500. The summed E-state index contributed by atoms with van der Waals surface area (Å²) in [6, 6.07) is 4.33. The van der Waals surface area contributed by atoms with Gasteiger partial charge in [-0.15, -0.1) is 0 Å². The van der Waals surface area contributed by atoms with Crippen molar-refractivity contribution in [3.05, 3.63) is 29.3 Å². The Morgan fingerprint density at radius 1 is 1.43 bits per heavy atom. The molecule has 0 saturated carbocycles. The van der Waals surface area contributed by atoms with Crippen molar-refractivity contribution in [3.8, 4) is 0 Å². The molecule has 1 aliphatic heterocycles. The van der Waals surface area contributed by atoms with Crippen LogP contribution in [0.4, 0.5) is 0 Å². The molecule has 2 unspecified atom stereocenters. The maximum absolute atomic E-state index is 12.5. The smallest absolute Gasteiger partial charge is 0.254 e. The molecule has 1 fully saturated rings. The maximum Gasteiger partial charge on any atom is 0.254 e. The number of sulfonamides is 1. The van der Waals surface area contributed by atoms with E-state index in [0.29, 0.717) is 17.7 Å². The quantitative estimate of drug-likeness (QED) is 0.897. The third kappa shape index (κ3) is 3.25. The molecular weight excluding hydrogens is 292 g/mol. The van der Waals surface area contributed by atoms with Crippen LogP contribution in [0.3, 0.4) is 0 Å². The minimum atomic E-state index is -3.76. The normalized spacial score (nSPS) is 22.3. The summed E-state index contributed by atoms with van der Waals surface area (Å²) >= 11 is 0. The lowest BCUT2D eigenvalue weighted by Gasteiger charge is -2.27. The Balaban J connectivity index is 2.27. The predicted molar refractivity (Wildman–Crippen MR) is 78.5 cm³/mol. The summed E-state index contributed by atoms with van der Waals surface area (Å²) in [5, 5.41) is 5.09. The zero-order chi connectivity index (χ0) is 15.8. The molecule has 2 N–H and O–H groups in total. The molecule has 0 radical (unpaired) electrons. The van der Waals surface area contributed by atoms with Crippen LogP contribution >= 0.6 is 0 Å². The number of amides is 1. The van der Waals surface area contributed by atoms with E-state index in [1.54, 1.807) is 18.9 Å². The first-order valence-corrected chi connectivity index (χ1v) is 8.28. The van der Waals surface area contributed by atoms with E-state index in [9.17, 15) is 13.2 Å². The molecule has 7 heteroatoms. The van der Waals surface area contributed by atoms with Crippen molar-refractivity contribution in [2.75, 3.05) is 13.7 Å². The van der Waals surface area contributed by atoms with Gasteiger partial charge in [0.2, 0.25) is 10.0 Å². The minimum absolute atomic E-state index is 0.00273. The number of benzene rings is 1. The minimum Gasteiger partial charge on any atom is -0.376 e. The highest BCUT2D eigenvalue weighted by molar-refractivity contribution is 7.89. The average Bonchev–Trinajstić information content (AvgIpc) is 2.82. The number of carbonyl (C=O) groups is 1. The zero-order valence-electron chi connectivity index (χ0n) is 12.4. The van der Waals surface area contributed by atoms with Crippen molar-refractivity contribution < 1.29 is 17.9 Å². The monoisotopic (exact) mass is 312 g/mol. The summed E-state index contributed by atoms with van der Waals surface area (Å²) in [4.78, 5) is 14.2. The topological polar surface area (TPSA) is 89.7 Å². The molecule has 0 spiro atoms. The Hall–Kier alpha value is -1.44. The van der Waals surface area contributed by atoms with Gasteiger partial charge in [0, 0.05) is 19.2 Å². The van der Waals surface area contributed by atoms with Gasteiger partial charge in [-0.2, -0.15) is 0 Å². The summed E-state index contributed by atoms with van der Waals surface area (Å²) in [5.41, 5.74) is 1.06. The second kappa shape index (κ2) is 5.75. The van der Waals surface area contributed by atoms with Gasteiger partial charge in [0.1, 0.15) is 0 Å². The van der Waals surface area contributed by atoms with Crippen LogP contribution in [0, 0.1) is 6.92 Å². The Morgan fingerprint density at radius 3 is 2.57 bits per heavy atom. The third-order valence-corrected chi connectivity index (χ3v) is 4.82. The van der Waals surface area contributed by atoms with Gasteiger partial charge in [-0.1, -0.05) is 0 Å². The lowest BCUT2D eigenvalue weighted by molar-refractivity contribution is 0.0574. The van der Waals surface area contributed by atoms with Crippen LogP contribution in [0.5, 0.6) is 0 Å². The number of aryl methyl sites for hydroxylation is 1. The molecule has 1 saturated heterocycles. The van der Waals surface area contributed by atoms with Crippen LogP contribution < -0.4 is 5.14 Å². The molecule has 2 rings (SSSR count). The van der Waals surface area contributed by atoms with Crippen molar-refractivity contribution >= 4 is 15.9 Å². The number of primary sulfonamides is 1. The molecule has 1 aliphatic rings. The second-order valence-corrected chi connectivity index (χ2v) is 6.93. The first kappa shape index (κ1) is 15.9. The Labute approximate surface area is 124 Å². The Morgan fingerprint density at radius 2 is 2.10 bits per heavy atom. The van der Waals surface area contributed by atoms with Gasteiger partial charge in [0.25, 0.3) is 5.91 Å².